The van der Waals surface area contributed by atoms with Crippen LogP contribution in [0.1, 0.15) is 29.4 Å². The molecule has 1 amide bonds. The normalized spacial score (nSPS) is 10.1. The second kappa shape index (κ2) is 6.70. The van der Waals surface area contributed by atoms with Gasteiger partial charge < -0.3 is 10.6 Å². The fourth-order valence-electron chi connectivity index (χ4n) is 1.83. The topological polar surface area (TPSA) is 54.0 Å². The lowest BCUT2D eigenvalue weighted by Gasteiger charge is -2.10. The highest BCUT2D eigenvalue weighted by Gasteiger charge is 2.07. The predicted molar refractivity (Wildman–Crippen MR) is 81.3 cm³/mol. The van der Waals surface area contributed by atoms with E-state index in [0.717, 1.165) is 23.4 Å². The van der Waals surface area contributed by atoms with Gasteiger partial charge in [-0.1, -0.05) is 25.1 Å². The summed E-state index contributed by atoms with van der Waals surface area (Å²) in [4.78, 5) is 16.0. The Labute approximate surface area is 119 Å². The number of nitrogens with zero attached hydrogens (tertiary/aromatic N) is 1. The molecule has 0 aliphatic heterocycles. The molecule has 2 rings (SSSR count). The molecule has 0 radical (unpaired) electrons. The summed E-state index contributed by atoms with van der Waals surface area (Å²) < 4.78 is 0. The van der Waals surface area contributed by atoms with E-state index in [-0.39, 0.29) is 5.91 Å². The largest absolute Gasteiger partial charge is 0.355 e. The van der Waals surface area contributed by atoms with Gasteiger partial charge >= 0.3 is 0 Å². The van der Waals surface area contributed by atoms with Gasteiger partial charge in [-0.05, 0) is 37.1 Å². The van der Waals surface area contributed by atoms with Crippen molar-refractivity contribution in [2.24, 2.45) is 0 Å². The Morgan fingerprint density at radius 2 is 2.05 bits per heavy atom. The van der Waals surface area contributed by atoms with Crippen LogP contribution in [0.4, 0.5) is 11.4 Å². The Kier molecular flexibility index (Phi) is 4.71. The van der Waals surface area contributed by atoms with E-state index in [9.17, 15) is 4.79 Å². The zero-order valence-electron chi connectivity index (χ0n) is 11.8. The highest BCUT2D eigenvalue weighted by Crippen LogP contribution is 2.20. The van der Waals surface area contributed by atoms with E-state index < -0.39 is 0 Å². The van der Waals surface area contributed by atoms with E-state index in [4.69, 9.17) is 0 Å². The monoisotopic (exact) mass is 269 g/mol. The van der Waals surface area contributed by atoms with Crippen molar-refractivity contribution >= 4 is 17.3 Å². The molecule has 1 heterocycles. The Balaban J connectivity index is 2.14. The highest BCUT2D eigenvalue weighted by molar-refractivity contribution is 5.93. The lowest BCUT2D eigenvalue weighted by molar-refractivity contribution is 0.0949. The minimum atomic E-state index is -0.139. The Bertz CT molecular complexity index is 596. The van der Waals surface area contributed by atoms with Crippen LogP contribution in [0.5, 0.6) is 0 Å². The Morgan fingerprint density at radius 3 is 2.80 bits per heavy atom. The van der Waals surface area contributed by atoms with E-state index in [1.54, 1.807) is 12.3 Å². The van der Waals surface area contributed by atoms with E-state index in [2.05, 4.69) is 15.6 Å². The molecule has 1 aromatic carbocycles. The maximum atomic E-state index is 11.9. The fraction of sp³-hybridized carbons (Fsp3) is 0.250. The smallest absolute Gasteiger partial charge is 0.269 e. The van der Waals surface area contributed by atoms with Crippen LogP contribution in [0.3, 0.4) is 0 Å². The Morgan fingerprint density at radius 1 is 1.25 bits per heavy atom. The number of hydrogen-bond acceptors (Lipinski definition) is 3. The van der Waals surface area contributed by atoms with Gasteiger partial charge in [-0.3, -0.25) is 9.78 Å². The van der Waals surface area contributed by atoms with Crippen molar-refractivity contribution in [3.63, 3.8) is 0 Å². The van der Waals surface area contributed by atoms with Crippen LogP contribution in [-0.2, 0) is 0 Å². The first-order valence-electron chi connectivity index (χ1n) is 6.77. The van der Waals surface area contributed by atoms with Crippen molar-refractivity contribution < 1.29 is 4.79 Å². The van der Waals surface area contributed by atoms with Crippen LogP contribution in [0, 0.1) is 6.92 Å². The predicted octanol–water partition coefficient (Wildman–Crippen LogP) is 3.27. The molecule has 104 valence electrons. The van der Waals surface area contributed by atoms with E-state index in [1.807, 2.05) is 44.2 Å². The number of carbonyl (C=O) groups excluding carboxylic acids is 1. The van der Waals surface area contributed by atoms with Crippen molar-refractivity contribution in [2.75, 3.05) is 11.9 Å². The van der Waals surface area contributed by atoms with Gasteiger partial charge in [0.05, 0.1) is 0 Å². The van der Waals surface area contributed by atoms with Gasteiger partial charge in [0.15, 0.2) is 0 Å². The summed E-state index contributed by atoms with van der Waals surface area (Å²) in [6.45, 7) is 4.72. The molecular weight excluding hydrogens is 250 g/mol. The van der Waals surface area contributed by atoms with Crippen LogP contribution >= 0.6 is 0 Å². The number of para-hydroxylation sites is 1. The van der Waals surface area contributed by atoms with Crippen LogP contribution < -0.4 is 10.6 Å². The van der Waals surface area contributed by atoms with E-state index >= 15 is 0 Å². The van der Waals surface area contributed by atoms with Gasteiger partial charge in [0.25, 0.3) is 5.91 Å². The molecule has 2 N–H and O–H groups in total. The molecule has 0 bridgehead atoms. The second-order valence-corrected chi connectivity index (χ2v) is 4.63. The number of benzene rings is 1. The number of amides is 1. The SMILES string of the molecule is CCCNC(=O)c1cc(Nc2ccccc2C)ccn1. The summed E-state index contributed by atoms with van der Waals surface area (Å²) >= 11 is 0. The molecule has 0 atom stereocenters. The summed E-state index contributed by atoms with van der Waals surface area (Å²) in [5.74, 6) is -0.139. The molecule has 1 aromatic heterocycles. The maximum Gasteiger partial charge on any atom is 0.269 e. The number of aromatic nitrogens is 1. The van der Waals surface area contributed by atoms with Gasteiger partial charge in [0.1, 0.15) is 5.69 Å². The zero-order chi connectivity index (χ0) is 14.4. The second-order valence-electron chi connectivity index (χ2n) is 4.63. The number of pyridine rings is 1. The summed E-state index contributed by atoms with van der Waals surface area (Å²) in [7, 11) is 0. The van der Waals surface area contributed by atoms with Crippen molar-refractivity contribution in [1.29, 1.82) is 0 Å². The van der Waals surface area contributed by atoms with Crippen LogP contribution in [0.25, 0.3) is 0 Å². The number of aryl methyl sites for hydroxylation is 1. The molecule has 0 fully saturated rings. The quantitative estimate of drug-likeness (QED) is 0.876. The van der Waals surface area contributed by atoms with E-state index in [1.165, 1.54) is 0 Å². The van der Waals surface area contributed by atoms with Crippen LogP contribution in [0.15, 0.2) is 42.6 Å². The molecule has 0 aliphatic rings. The summed E-state index contributed by atoms with van der Waals surface area (Å²) in [6.07, 6.45) is 2.55. The summed E-state index contributed by atoms with van der Waals surface area (Å²) in [5.41, 5.74) is 3.47. The number of nitrogens with one attached hydrogen (secondary N) is 2. The van der Waals surface area contributed by atoms with Gasteiger partial charge in [-0.15, -0.1) is 0 Å². The standard InChI is InChI=1S/C16H19N3O/c1-3-9-18-16(20)15-11-13(8-10-17-15)19-14-7-5-4-6-12(14)2/h4-8,10-11H,3,9H2,1-2H3,(H,17,19)(H,18,20). The van der Waals surface area contributed by atoms with Crippen LogP contribution in [-0.4, -0.2) is 17.4 Å². The minimum absolute atomic E-state index is 0.139. The van der Waals surface area contributed by atoms with Gasteiger partial charge in [-0.2, -0.15) is 0 Å². The molecule has 0 spiro atoms. The number of carbonyl (C=O) groups is 1. The van der Waals surface area contributed by atoms with Crippen molar-refractivity contribution in [1.82, 2.24) is 10.3 Å². The number of hydrogen-bond donors (Lipinski definition) is 2. The lowest BCUT2D eigenvalue weighted by Crippen LogP contribution is -2.24. The molecule has 4 nitrogen and oxygen atoms in total. The van der Waals surface area contributed by atoms with E-state index in [0.29, 0.717) is 12.2 Å². The molecule has 0 aliphatic carbocycles. The fourth-order valence-corrected chi connectivity index (χ4v) is 1.83. The first kappa shape index (κ1) is 14.1. The molecule has 0 unspecified atom stereocenters. The van der Waals surface area contributed by atoms with Crippen LogP contribution in [0.2, 0.25) is 0 Å². The third kappa shape index (κ3) is 3.57. The number of anilines is 2. The number of rotatable bonds is 5. The molecular formula is C16H19N3O. The molecule has 0 saturated heterocycles. The third-order valence-electron chi connectivity index (χ3n) is 2.95. The van der Waals surface area contributed by atoms with Gasteiger partial charge in [0.2, 0.25) is 0 Å². The van der Waals surface area contributed by atoms with Crippen molar-refractivity contribution in [3.05, 3.63) is 53.9 Å². The zero-order valence-corrected chi connectivity index (χ0v) is 11.8. The Hall–Kier alpha value is -2.36. The average Bonchev–Trinajstić information content (AvgIpc) is 2.47. The maximum absolute atomic E-state index is 11.9. The highest BCUT2D eigenvalue weighted by atomic mass is 16.1. The molecule has 20 heavy (non-hydrogen) atoms. The summed E-state index contributed by atoms with van der Waals surface area (Å²) in [6, 6.07) is 11.6. The molecule has 4 heteroatoms. The van der Waals surface area contributed by atoms with Gasteiger partial charge in [0, 0.05) is 24.1 Å². The van der Waals surface area contributed by atoms with Crippen molar-refractivity contribution in [2.45, 2.75) is 20.3 Å². The first-order chi connectivity index (χ1) is 9.70. The van der Waals surface area contributed by atoms with Crippen molar-refractivity contribution in [3.8, 4) is 0 Å². The first-order valence-corrected chi connectivity index (χ1v) is 6.77. The summed E-state index contributed by atoms with van der Waals surface area (Å²) in [5, 5.41) is 6.13. The molecule has 0 saturated carbocycles. The average molecular weight is 269 g/mol. The minimum Gasteiger partial charge on any atom is -0.355 e. The third-order valence-corrected chi connectivity index (χ3v) is 2.95. The lowest BCUT2D eigenvalue weighted by atomic mass is 10.2. The van der Waals surface area contributed by atoms with Gasteiger partial charge in [-0.25, -0.2) is 0 Å². The molecule has 2 aromatic rings.